The van der Waals surface area contributed by atoms with Crippen molar-refractivity contribution in [3.8, 4) is 0 Å². The van der Waals surface area contributed by atoms with E-state index in [0.717, 1.165) is 77.0 Å². The Balaban J connectivity index is -0.00000645. The Morgan fingerprint density at radius 2 is 0.548 bits per heavy atom. The predicted molar refractivity (Wildman–Crippen MR) is 391 cm³/mol. The normalized spacial score (nSPS) is 13.4. The first-order chi connectivity index (χ1) is 43.0. The summed E-state index contributed by atoms with van der Waals surface area (Å²) < 4.78 is 0. The summed E-state index contributed by atoms with van der Waals surface area (Å²) in [7, 11) is 0. The number of unbranched alkanes of at least 4 members (excludes halogenated alkanes) is 23. The third-order valence-corrected chi connectivity index (χ3v) is 17.9. The van der Waals surface area contributed by atoms with E-state index in [1.54, 1.807) is 0 Å². The molecule has 0 bridgehead atoms. The number of carbonyl (C=O) groups excluding carboxylic acids is 8. The lowest BCUT2D eigenvalue weighted by molar-refractivity contribution is -0.132. The standard InChI is InChI=1S/C63H126N14O10S2.4ClH/c1-3-5-7-9-11-13-15-17-19-21-29-39-73-61(85)53(45-79)75-63(87)55(77-59(83)51(69)35-25-31-41-71-57(81)49(67)33-23-27-37-65)47-89-43-42-88-46-54(76-58(82)50(68)34-24-30-40-70-56(80)48(66)32-22-26-36-64)62(86)74-52(44-78)60(84)72-38-28-20-18-16-14-12-10-8-6-4-2;;;;/h48-55,78-79H,3-47,64-69H2,1-2H3,(H,70,80)(H,71,81)(H,72,84)(H,73,85)(H,74,86)(H,75,87)(H,76,82)(H,77,83);4*1H. The molecule has 22 N–H and O–H groups in total. The molecule has 93 heavy (non-hydrogen) atoms. The van der Waals surface area contributed by atoms with Gasteiger partial charge in [0.1, 0.15) is 24.2 Å². The van der Waals surface area contributed by atoms with Gasteiger partial charge in [-0.3, -0.25) is 38.4 Å². The van der Waals surface area contributed by atoms with Crippen LogP contribution in [0.4, 0.5) is 0 Å². The fraction of sp³-hybridized carbons (Fsp3) is 0.873. The second-order valence-electron chi connectivity index (χ2n) is 23.6. The van der Waals surface area contributed by atoms with Crippen LogP contribution in [-0.2, 0) is 38.4 Å². The fourth-order valence-electron chi connectivity index (χ4n) is 9.65. The molecule has 8 unspecified atom stereocenters. The van der Waals surface area contributed by atoms with Crippen molar-refractivity contribution in [2.75, 3.05) is 75.5 Å². The number of halogens is 4. The van der Waals surface area contributed by atoms with Crippen LogP contribution in [0.5, 0.6) is 0 Å². The van der Waals surface area contributed by atoms with Crippen molar-refractivity contribution >= 4 is 120 Å². The molecule has 30 heteroatoms. The maximum Gasteiger partial charge on any atom is 0.244 e. The molecule has 0 saturated heterocycles. The van der Waals surface area contributed by atoms with Crippen LogP contribution in [0.3, 0.4) is 0 Å². The molecule has 0 aromatic carbocycles. The lowest BCUT2D eigenvalue weighted by Crippen LogP contribution is -2.57. The van der Waals surface area contributed by atoms with Gasteiger partial charge in [-0.15, -0.1) is 49.6 Å². The van der Waals surface area contributed by atoms with Gasteiger partial charge in [0.15, 0.2) is 0 Å². The number of aliphatic hydroxyl groups excluding tert-OH is 2. The molecule has 0 rings (SSSR count). The second kappa shape index (κ2) is 69.2. The molecule has 0 aliphatic rings. The highest BCUT2D eigenvalue weighted by Crippen LogP contribution is 2.15. The van der Waals surface area contributed by atoms with Gasteiger partial charge >= 0.3 is 0 Å². The smallest absolute Gasteiger partial charge is 0.244 e. The maximum absolute atomic E-state index is 13.9. The Bertz CT molecular complexity index is 1880. The summed E-state index contributed by atoms with van der Waals surface area (Å²) in [4.78, 5) is 106. The number of amides is 8. The quantitative estimate of drug-likeness (QED) is 0.0368. The number of rotatable bonds is 62. The molecule has 8 atom stereocenters. The fourth-order valence-corrected chi connectivity index (χ4v) is 11.9. The number of nitrogens with two attached hydrogens (primary N) is 6. The van der Waals surface area contributed by atoms with E-state index in [0.29, 0.717) is 89.3 Å². The number of hydrogen-bond acceptors (Lipinski definition) is 18. The number of nitrogens with one attached hydrogen (secondary N) is 8. The van der Waals surface area contributed by atoms with Crippen molar-refractivity contribution in [2.45, 2.75) is 274 Å². The van der Waals surface area contributed by atoms with Gasteiger partial charge in [-0.1, -0.05) is 149 Å². The largest absolute Gasteiger partial charge is 0.394 e. The Kier molecular flexibility index (Phi) is 73.7. The molecule has 24 nitrogen and oxygen atoms in total. The van der Waals surface area contributed by atoms with Crippen molar-refractivity contribution in [1.29, 1.82) is 0 Å². The van der Waals surface area contributed by atoms with Crippen LogP contribution < -0.4 is 76.9 Å². The van der Waals surface area contributed by atoms with Crippen LogP contribution in [-0.4, -0.2) is 181 Å². The van der Waals surface area contributed by atoms with Gasteiger partial charge in [0.05, 0.1) is 37.4 Å². The first kappa shape index (κ1) is 99.0. The van der Waals surface area contributed by atoms with E-state index in [2.05, 4.69) is 56.4 Å². The second-order valence-corrected chi connectivity index (χ2v) is 25.9. The first-order valence-electron chi connectivity index (χ1n) is 34.1. The molecule has 0 aromatic rings. The molecule has 552 valence electrons. The van der Waals surface area contributed by atoms with Crippen molar-refractivity contribution in [3.05, 3.63) is 0 Å². The molecular formula is C63H130Cl4N14O10S2. The molecule has 0 fully saturated rings. The Hall–Kier alpha value is -2.70. The van der Waals surface area contributed by atoms with Crippen LogP contribution in [0, 0.1) is 0 Å². The molecule has 0 aliphatic carbocycles. The van der Waals surface area contributed by atoms with E-state index in [-0.39, 0.29) is 85.8 Å². The zero-order valence-electron chi connectivity index (χ0n) is 56.5. The van der Waals surface area contributed by atoms with Gasteiger partial charge in [-0.25, -0.2) is 0 Å². The van der Waals surface area contributed by atoms with E-state index >= 15 is 0 Å². The number of carbonyl (C=O) groups is 8. The van der Waals surface area contributed by atoms with Crippen LogP contribution in [0.2, 0.25) is 0 Å². The van der Waals surface area contributed by atoms with Crippen LogP contribution in [0.1, 0.15) is 226 Å². The molecule has 0 saturated carbocycles. The molecular weight excluding hydrogens is 1320 g/mol. The van der Waals surface area contributed by atoms with Crippen molar-refractivity contribution < 1.29 is 48.6 Å². The third-order valence-electron chi connectivity index (χ3n) is 15.5. The molecule has 8 amide bonds. The van der Waals surface area contributed by atoms with E-state index in [1.165, 1.54) is 107 Å². The summed E-state index contributed by atoms with van der Waals surface area (Å²) in [5, 5.41) is 42.4. The van der Waals surface area contributed by atoms with Crippen LogP contribution in [0.25, 0.3) is 0 Å². The summed E-state index contributed by atoms with van der Waals surface area (Å²) in [6.45, 7) is 5.52. The van der Waals surface area contributed by atoms with Crippen LogP contribution in [0.15, 0.2) is 0 Å². The highest BCUT2D eigenvalue weighted by molar-refractivity contribution is 8.03. The highest BCUT2D eigenvalue weighted by atomic mass is 35.5. The first-order valence-corrected chi connectivity index (χ1v) is 36.4. The molecule has 0 aliphatic heterocycles. The Morgan fingerprint density at radius 3 is 0.828 bits per heavy atom. The van der Waals surface area contributed by atoms with Gasteiger partial charge in [-0.2, -0.15) is 23.5 Å². The summed E-state index contributed by atoms with van der Waals surface area (Å²) >= 11 is 2.60. The minimum atomic E-state index is -1.28. The van der Waals surface area contributed by atoms with E-state index in [1.807, 2.05) is 0 Å². The van der Waals surface area contributed by atoms with Gasteiger partial charge < -0.3 is 87.1 Å². The molecule has 0 radical (unpaired) electrons. The SMILES string of the molecule is CCCCCCCCCCCCCNC(=O)C(CO)NC(=O)C(CSCCSCC(NC(=O)C(N)CCCCNC(=O)C(N)CCCCN)C(=O)NC(CO)C(=O)NCCCCCCCCCCCC)NC(=O)C(N)CCCCNC(=O)C(N)CCCCN.Cl.Cl.Cl.Cl. The Morgan fingerprint density at radius 1 is 0.312 bits per heavy atom. The zero-order chi connectivity index (χ0) is 66.1. The van der Waals surface area contributed by atoms with Crippen molar-refractivity contribution in [1.82, 2.24) is 42.5 Å². The summed E-state index contributed by atoms with van der Waals surface area (Å²) in [5.74, 6) is -3.42. The van der Waals surface area contributed by atoms with Crippen molar-refractivity contribution in [3.63, 3.8) is 0 Å². The minimum absolute atomic E-state index is 0. The number of hydrogen-bond donors (Lipinski definition) is 16. The van der Waals surface area contributed by atoms with Gasteiger partial charge in [0.25, 0.3) is 0 Å². The molecule has 0 spiro atoms. The lowest BCUT2D eigenvalue weighted by atomic mass is 10.1. The average Bonchev–Trinajstić information content (AvgIpc) is 3.57. The lowest BCUT2D eigenvalue weighted by Gasteiger charge is -2.24. The highest BCUT2D eigenvalue weighted by Gasteiger charge is 2.30. The monoisotopic (exact) mass is 1450 g/mol. The van der Waals surface area contributed by atoms with Gasteiger partial charge in [-0.05, 0) is 90.1 Å². The van der Waals surface area contributed by atoms with Gasteiger partial charge in [0, 0.05) is 49.2 Å². The van der Waals surface area contributed by atoms with E-state index < -0.39 is 97.0 Å². The van der Waals surface area contributed by atoms with Gasteiger partial charge in [0.2, 0.25) is 47.3 Å². The minimum Gasteiger partial charge on any atom is -0.394 e. The topological polar surface area (TPSA) is 429 Å². The average molecular weight is 1450 g/mol. The van der Waals surface area contributed by atoms with Crippen molar-refractivity contribution in [2.24, 2.45) is 34.4 Å². The zero-order valence-corrected chi connectivity index (χ0v) is 61.4. The number of aliphatic hydroxyl groups is 2. The Labute approximate surface area is 592 Å². The summed E-state index contributed by atoms with van der Waals surface area (Å²) in [5.41, 5.74) is 35.7. The predicted octanol–water partition coefficient (Wildman–Crippen LogP) is 4.67. The maximum atomic E-state index is 13.9. The third kappa shape index (κ3) is 54.9. The van der Waals surface area contributed by atoms with E-state index in [9.17, 15) is 48.6 Å². The van der Waals surface area contributed by atoms with Crippen LogP contribution >= 0.6 is 73.2 Å². The summed E-state index contributed by atoms with van der Waals surface area (Å²) in [6, 6.07) is -8.23. The molecule has 0 heterocycles. The summed E-state index contributed by atoms with van der Waals surface area (Å²) in [6.07, 6.45) is 30.5. The van der Waals surface area contributed by atoms with E-state index in [4.69, 9.17) is 34.4 Å². The molecule has 0 aromatic heterocycles. The number of thioether (sulfide) groups is 2.